The first-order valence-electron chi connectivity index (χ1n) is 10.2. The van der Waals surface area contributed by atoms with E-state index in [0.29, 0.717) is 18.1 Å². The summed E-state index contributed by atoms with van der Waals surface area (Å²) in [6, 6.07) is 10.1. The van der Waals surface area contributed by atoms with E-state index in [9.17, 15) is 0 Å². The standard InChI is InChI=1S/C22H22N4O3/c23-22-25-16-9-14(5-6-18(16)29-22)21-24-17-10-15(28-12-13-3-4-13)11-19-20(17)26(21)7-1-2-8-27-19/h5-6,9-11,13H,1-4,7-8,12H2,(H2,23,25). The molecule has 7 nitrogen and oxygen atoms in total. The third kappa shape index (κ3) is 2.97. The number of hydrogen-bond acceptors (Lipinski definition) is 6. The number of ether oxygens (including phenoxy) is 2. The van der Waals surface area contributed by atoms with Crippen LogP contribution in [0.4, 0.5) is 6.01 Å². The summed E-state index contributed by atoms with van der Waals surface area (Å²) in [7, 11) is 0. The number of anilines is 1. The van der Waals surface area contributed by atoms with Crippen molar-refractivity contribution in [2.45, 2.75) is 32.2 Å². The minimum absolute atomic E-state index is 0.174. The van der Waals surface area contributed by atoms with Gasteiger partial charge in [0.25, 0.3) is 6.01 Å². The molecule has 0 bridgehead atoms. The van der Waals surface area contributed by atoms with E-state index in [1.54, 1.807) is 0 Å². The summed E-state index contributed by atoms with van der Waals surface area (Å²) >= 11 is 0. The van der Waals surface area contributed by atoms with Crippen molar-refractivity contribution < 1.29 is 13.9 Å². The molecule has 2 aromatic carbocycles. The van der Waals surface area contributed by atoms with Crippen molar-refractivity contribution >= 4 is 28.1 Å². The van der Waals surface area contributed by atoms with Crippen LogP contribution >= 0.6 is 0 Å². The monoisotopic (exact) mass is 390 g/mol. The van der Waals surface area contributed by atoms with Gasteiger partial charge in [-0.2, -0.15) is 4.98 Å². The van der Waals surface area contributed by atoms with Gasteiger partial charge >= 0.3 is 0 Å². The van der Waals surface area contributed by atoms with E-state index < -0.39 is 0 Å². The molecule has 1 fully saturated rings. The number of benzene rings is 2. The van der Waals surface area contributed by atoms with Crippen LogP contribution in [0.2, 0.25) is 0 Å². The topological polar surface area (TPSA) is 88.3 Å². The molecule has 6 rings (SSSR count). The first kappa shape index (κ1) is 16.7. The summed E-state index contributed by atoms with van der Waals surface area (Å²) < 4.78 is 19.8. The molecule has 0 unspecified atom stereocenters. The first-order valence-corrected chi connectivity index (χ1v) is 10.2. The van der Waals surface area contributed by atoms with Gasteiger partial charge in [-0.3, -0.25) is 0 Å². The van der Waals surface area contributed by atoms with Gasteiger partial charge in [-0.05, 0) is 49.8 Å². The fourth-order valence-electron chi connectivity index (χ4n) is 3.97. The largest absolute Gasteiger partial charge is 0.493 e. The molecule has 0 spiro atoms. The molecule has 1 saturated carbocycles. The van der Waals surface area contributed by atoms with E-state index in [-0.39, 0.29) is 6.01 Å². The van der Waals surface area contributed by atoms with E-state index in [4.69, 9.17) is 24.6 Å². The zero-order chi connectivity index (χ0) is 19.4. The van der Waals surface area contributed by atoms with Crippen LogP contribution in [-0.4, -0.2) is 27.7 Å². The van der Waals surface area contributed by atoms with Crippen LogP contribution in [0.1, 0.15) is 25.7 Å². The van der Waals surface area contributed by atoms with Crippen molar-refractivity contribution in [1.82, 2.24) is 14.5 Å². The number of hydrogen-bond donors (Lipinski definition) is 1. The molecule has 1 aliphatic heterocycles. The molecular formula is C22H22N4O3. The Hall–Kier alpha value is -3.22. The third-order valence-corrected chi connectivity index (χ3v) is 5.66. The van der Waals surface area contributed by atoms with Crippen molar-refractivity contribution in [2.24, 2.45) is 5.92 Å². The number of nitrogens with two attached hydrogens (primary N) is 1. The highest BCUT2D eigenvalue weighted by Gasteiger charge is 2.24. The van der Waals surface area contributed by atoms with E-state index in [1.165, 1.54) is 12.8 Å². The predicted octanol–water partition coefficient (Wildman–Crippen LogP) is 4.39. The summed E-state index contributed by atoms with van der Waals surface area (Å²) in [5.74, 6) is 3.27. The van der Waals surface area contributed by atoms with Crippen LogP contribution in [0.15, 0.2) is 34.7 Å². The zero-order valence-corrected chi connectivity index (χ0v) is 16.1. The molecule has 4 aromatic rings. The summed E-state index contributed by atoms with van der Waals surface area (Å²) in [6.07, 6.45) is 4.57. The lowest BCUT2D eigenvalue weighted by Gasteiger charge is -2.17. The Bertz CT molecular complexity index is 1220. The van der Waals surface area contributed by atoms with Gasteiger partial charge < -0.3 is 24.2 Å². The van der Waals surface area contributed by atoms with E-state index >= 15 is 0 Å². The molecular weight excluding hydrogens is 368 g/mol. The number of imidazole rings is 1. The molecule has 7 heteroatoms. The van der Waals surface area contributed by atoms with E-state index in [2.05, 4.69) is 9.55 Å². The van der Waals surface area contributed by atoms with Crippen molar-refractivity contribution in [3.8, 4) is 22.9 Å². The average Bonchev–Trinajstić information content (AvgIpc) is 3.34. The molecule has 3 heterocycles. The van der Waals surface area contributed by atoms with Gasteiger partial charge in [0.05, 0.1) is 18.7 Å². The molecule has 2 N–H and O–H groups in total. The van der Waals surface area contributed by atoms with Crippen LogP contribution in [0.5, 0.6) is 11.5 Å². The summed E-state index contributed by atoms with van der Waals surface area (Å²) in [5.41, 5.74) is 10.0. The minimum atomic E-state index is 0.174. The molecule has 1 aliphatic carbocycles. The fraction of sp³-hybridized carbons (Fsp3) is 0.364. The van der Waals surface area contributed by atoms with Gasteiger partial charge in [-0.1, -0.05) is 0 Å². The molecule has 0 atom stereocenters. The highest BCUT2D eigenvalue weighted by molar-refractivity contribution is 5.89. The highest BCUT2D eigenvalue weighted by Crippen LogP contribution is 2.38. The smallest absolute Gasteiger partial charge is 0.292 e. The Morgan fingerprint density at radius 2 is 2.03 bits per heavy atom. The Kier molecular flexibility index (Phi) is 3.69. The number of nitrogens with zero attached hydrogens (tertiary/aromatic N) is 3. The Labute approximate surface area is 167 Å². The minimum Gasteiger partial charge on any atom is -0.493 e. The third-order valence-electron chi connectivity index (χ3n) is 5.66. The molecule has 2 aliphatic rings. The van der Waals surface area contributed by atoms with Gasteiger partial charge in [-0.25, -0.2) is 4.98 Å². The zero-order valence-electron chi connectivity index (χ0n) is 16.1. The van der Waals surface area contributed by atoms with Gasteiger partial charge in [0.1, 0.15) is 28.4 Å². The lowest BCUT2D eigenvalue weighted by Crippen LogP contribution is -2.09. The maximum atomic E-state index is 6.10. The molecule has 0 radical (unpaired) electrons. The second-order valence-electron chi connectivity index (χ2n) is 7.92. The predicted molar refractivity (Wildman–Crippen MR) is 110 cm³/mol. The van der Waals surface area contributed by atoms with Gasteiger partial charge in [0.15, 0.2) is 5.58 Å². The van der Waals surface area contributed by atoms with Crippen LogP contribution < -0.4 is 15.2 Å². The SMILES string of the molecule is Nc1nc2cc(-c3nc4cc(OCC5CC5)cc5c4n3CCCCO5)ccc2o1. The van der Waals surface area contributed by atoms with Gasteiger partial charge in [0, 0.05) is 24.2 Å². The molecule has 2 aromatic heterocycles. The number of nitrogen functional groups attached to an aromatic ring is 1. The number of aryl methyl sites for hydroxylation is 1. The quantitative estimate of drug-likeness (QED) is 0.556. The van der Waals surface area contributed by atoms with E-state index in [0.717, 1.165) is 65.4 Å². The lowest BCUT2D eigenvalue weighted by molar-refractivity contribution is 0.285. The van der Waals surface area contributed by atoms with E-state index in [1.807, 2.05) is 30.3 Å². The van der Waals surface area contributed by atoms with Gasteiger partial charge in [0.2, 0.25) is 0 Å². The molecule has 148 valence electrons. The Morgan fingerprint density at radius 3 is 2.93 bits per heavy atom. The summed E-state index contributed by atoms with van der Waals surface area (Å²) in [5, 5.41) is 0. The lowest BCUT2D eigenvalue weighted by atomic mass is 10.2. The van der Waals surface area contributed by atoms with Crippen LogP contribution in [0, 0.1) is 5.92 Å². The normalized spacial score (nSPS) is 16.6. The number of oxazole rings is 1. The maximum Gasteiger partial charge on any atom is 0.292 e. The van der Waals surface area contributed by atoms with Crippen LogP contribution in [0.3, 0.4) is 0 Å². The number of fused-ring (bicyclic) bond motifs is 1. The molecule has 29 heavy (non-hydrogen) atoms. The molecule has 0 saturated heterocycles. The second kappa shape index (κ2) is 6.40. The number of rotatable bonds is 4. The van der Waals surface area contributed by atoms with Gasteiger partial charge in [-0.15, -0.1) is 0 Å². The summed E-state index contributed by atoms with van der Waals surface area (Å²) in [6.45, 7) is 2.37. The Balaban J connectivity index is 1.50. The first-order chi connectivity index (χ1) is 14.2. The van der Waals surface area contributed by atoms with Crippen molar-refractivity contribution in [3.63, 3.8) is 0 Å². The highest BCUT2D eigenvalue weighted by atomic mass is 16.5. The van der Waals surface area contributed by atoms with Crippen molar-refractivity contribution in [1.29, 1.82) is 0 Å². The Morgan fingerprint density at radius 1 is 1.10 bits per heavy atom. The van der Waals surface area contributed by atoms with Crippen molar-refractivity contribution in [3.05, 3.63) is 30.3 Å². The van der Waals surface area contributed by atoms with Crippen molar-refractivity contribution in [2.75, 3.05) is 18.9 Å². The summed E-state index contributed by atoms with van der Waals surface area (Å²) in [4.78, 5) is 9.23. The number of aromatic nitrogens is 3. The maximum absolute atomic E-state index is 6.10. The fourth-order valence-corrected chi connectivity index (χ4v) is 3.97. The second-order valence-corrected chi connectivity index (χ2v) is 7.92. The van der Waals surface area contributed by atoms with Crippen LogP contribution in [-0.2, 0) is 6.54 Å². The molecule has 0 amide bonds. The average molecular weight is 390 g/mol. The van der Waals surface area contributed by atoms with Crippen LogP contribution in [0.25, 0.3) is 33.5 Å².